The lowest BCUT2D eigenvalue weighted by molar-refractivity contribution is -0.0380. The lowest BCUT2D eigenvalue weighted by Gasteiger charge is -2.41. The van der Waals surface area contributed by atoms with Crippen LogP contribution < -0.4 is 10.6 Å². The maximum absolute atomic E-state index is 9.16. The van der Waals surface area contributed by atoms with Gasteiger partial charge in [0.05, 0.1) is 24.4 Å². The van der Waals surface area contributed by atoms with Gasteiger partial charge in [-0.3, -0.25) is 5.41 Å². The number of amidine groups is 2. The molecule has 3 saturated heterocycles. The molecule has 31 heavy (non-hydrogen) atoms. The van der Waals surface area contributed by atoms with Crippen molar-refractivity contribution in [1.29, 1.82) is 5.41 Å². The van der Waals surface area contributed by atoms with Crippen LogP contribution in [0.2, 0.25) is 0 Å². The van der Waals surface area contributed by atoms with Crippen LogP contribution in [-0.4, -0.2) is 57.7 Å². The third-order valence-corrected chi connectivity index (χ3v) is 7.57. The average Bonchev–Trinajstić information content (AvgIpc) is 3.49. The summed E-state index contributed by atoms with van der Waals surface area (Å²) in [5, 5.41) is 22.4. The Morgan fingerprint density at radius 1 is 1.48 bits per heavy atom. The van der Waals surface area contributed by atoms with Crippen LogP contribution in [-0.2, 0) is 10.3 Å². The van der Waals surface area contributed by atoms with Crippen LogP contribution in [0.1, 0.15) is 44.5 Å². The highest BCUT2D eigenvalue weighted by Crippen LogP contribution is 2.59. The number of aromatic nitrogens is 3. The van der Waals surface area contributed by atoms with Gasteiger partial charge in [-0.05, 0) is 49.1 Å². The SMILES string of the molecule is CC[C@@]1(C)CCN(c2cc(C)c3nc(C45CC(CO4)C5C(=N)N=C(N)CO)nn3c2)C1. The molecule has 2 aromatic heterocycles. The monoisotopic (exact) mass is 425 g/mol. The number of anilines is 1. The molecule has 9 heteroatoms. The number of aliphatic imine (C=N–C) groups is 1. The molecule has 4 N–H and O–H groups in total. The summed E-state index contributed by atoms with van der Waals surface area (Å²) in [6, 6.07) is 2.19. The van der Waals surface area contributed by atoms with Gasteiger partial charge in [-0.25, -0.2) is 14.5 Å². The van der Waals surface area contributed by atoms with Gasteiger partial charge in [0.25, 0.3) is 0 Å². The number of aliphatic hydroxyl groups is 1. The number of hydrogen-bond donors (Lipinski definition) is 3. The molecular weight excluding hydrogens is 394 g/mol. The number of ether oxygens (including phenoxy) is 1. The molecule has 3 aliphatic heterocycles. The lowest BCUT2D eigenvalue weighted by atomic mass is 9.63. The number of rotatable bonds is 5. The molecule has 0 amide bonds. The second-order valence-corrected chi connectivity index (χ2v) is 9.71. The van der Waals surface area contributed by atoms with Crippen LogP contribution in [0.3, 0.4) is 0 Å². The van der Waals surface area contributed by atoms with E-state index in [2.05, 4.69) is 42.9 Å². The summed E-state index contributed by atoms with van der Waals surface area (Å²) in [6.45, 7) is 8.98. The van der Waals surface area contributed by atoms with Crippen molar-refractivity contribution in [3.05, 3.63) is 23.7 Å². The van der Waals surface area contributed by atoms with Crippen LogP contribution in [0, 0.1) is 29.6 Å². The molecule has 2 aromatic rings. The van der Waals surface area contributed by atoms with E-state index in [1.165, 1.54) is 18.5 Å². The molecule has 6 rings (SSSR count). The third-order valence-electron chi connectivity index (χ3n) is 7.57. The number of aryl methyl sites for hydroxylation is 1. The predicted octanol–water partition coefficient (Wildman–Crippen LogP) is 1.85. The summed E-state index contributed by atoms with van der Waals surface area (Å²) in [5.41, 5.74) is 8.33. The van der Waals surface area contributed by atoms with E-state index in [1.54, 1.807) is 0 Å². The van der Waals surface area contributed by atoms with E-state index >= 15 is 0 Å². The molecule has 3 unspecified atom stereocenters. The molecule has 2 bridgehead atoms. The second kappa shape index (κ2) is 7.00. The Balaban J connectivity index is 1.48. The van der Waals surface area contributed by atoms with Gasteiger partial charge in [0, 0.05) is 13.1 Å². The maximum atomic E-state index is 9.16. The molecule has 5 heterocycles. The van der Waals surface area contributed by atoms with Gasteiger partial charge in [0.15, 0.2) is 11.5 Å². The summed E-state index contributed by atoms with van der Waals surface area (Å²) < 4.78 is 7.99. The van der Waals surface area contributed by atoms with Gasteiger partial charge >= 0.3 is 0 Å². The molecule has 9 nitrogen and oxygen atoms in total. The largest absolute Gasteiger partial charge is 0.388 e. The highest BCUT2D eigenvalue weighted by atomic mass is 16.5. The zero-order valence-electron chi connectivity index (χ0n) is 18.4. The Morgan fingerprint density at radius 2 is 2.29 bits per heavy atom. The maximum Gasteiger partial charge on any atom is 0.184 e. The second-order valence-electron chi connectivity index (χ2n) is 9.71. The van der Waals surface area contributed by atoms with Gasteiger partial charge in [0.1, 0.15) is 23.9 Å². The first-order valence-electron chi connectivity index (χ1n) is 11.1. The van der Waals surface area contributed by atoms with E-state index < -0.39 is 5.60 Å². The van der Waals surface area contributed by atoms with Crippen molar-refractivity contribution in [3.8, 4) is 0 Å². The van der Waals surface area contributed by atoms with Gasteiger partial charge in [-0.2, -0.15) is 0 Å². The number of nitrogens with two attached hydrogens (primary N) is 1. The Labute approximate surface area is 181 Å². The predicted molar refractivity (Wildman–Crippen MR) is 119 cm³/mol. The van der Waals surface area contributed by atoms with Gasteiger partial charge in [-0.1, -0.05) is 13.8 Å². The smallest absolute Gasteiger partial charge is 0.184 e. The highest BCUT2D eigenvalue weighted by molar-refractivity contribution is 5.97. The van der Waals surface area contributed by atoms with Crippen molar-refractivity contribution in [2.24, 2.45) is 28.0 Å². The number of fused-ring (bicyclic) bond motifs is 2. The Morgan fingerprint density at radius 3 is 2.97 bits per heavy atom. The van der Waals surface area contributed by atoms with Crippen molar-refractivity contribution in [3.63, 3.8) is 0 Å². The molecule has 4 fully saturated rings. The molecule has 1 aliphatic carbocycles. The fraction of sp³-hybridized carbons (Fsp3) is 0.636. The zero-order chi connectivity index (χ0) is 22.0. The Bertz CT molecular complexity index is 1080. The molecule has 0 aromatic carbocycles. The molecule has 4 atom stereocenters. The van der Waals surface area contributed by atoms with Gasteiger partial charge in [-0.15, -0.1) is 5.10 Å². The van der Waals surface area contributed by atoms with Crippen molar-refractivity contribution >= 4 is 23.0 Å². The zero-order valence-corrected chi connectivity index (χ0v) is 18.4. The van der Waals surface area contributed by atoms with E-state index in [1.807, 2.05) is 4.52 Å². The first kappa shape index (κ1) is 20.4. The first-order chi connectivity index (χ1) is 14.8. The molecule has 166 valence electrons. The van der Waals surface area contributed by atoms with Gasteiger partial charge < -0.3 is 20.5 Å². The Kier molecular flexibility index (Phi) is 4.60. The summed E-state index contributed by atoms with van der Waals surface area (Å²) in [5.74, 6) is 0.752. The van der Waals surface area contributed by atoms with E-state index in [0.29, 0.717) is 17.8 Å². The Hall–Kier alpha value is -2.52. The van der Waals surface area contributed by atoms with E-state index in [4.69, 9.17) is 31.1 Å². The van der Waals surface area contributed by atoms with Crippen LogP contribution >= 0.6 is 0 Å². The van der Waals surface area contributed by atoms with E-state index in [0.717, 1.165) is 30.7 Å². The molecule has 0 spiro atoms. The van der Waals surface area contributed by atoms with E-state index in [9.17, 15) is 0 Å². The fourth-order valence-electron chi connectivity index (χ4n) is 5.43. The summed E-state index contributed by atoms with van der Waals surface area (Å²) in [7, 11) is 0. The number of nitrogens with one attached hydrogen (secondary N) is 1. The number of hydrogen-bond acceptors (Lipinski definition) is 6. The molecule has 0 radical (unpaired) electrons. The third kappa shape index (κ3) is 3.05. The minimum Gasteiger partial charge on any atom is -0.388 e. The summed E-state index contributed by atoms with van der Waals surface area (Å²) in [6.07, 6.45) is 5.21. The van der Waals surface area contributed by atoms with Crippen molar-refractivity contribution in [2.75, 3.05) is 31.2 Å². The first-order valence-corrected chi connectivity index (χ1v) is 11.1. The van der Waals surface area contributed by atoms with Crippen LogP contribution in [0.15, 0.2) is 17.3 Å². The normalized spacial score (nSPS) is 32.6. The van der Waals surface area contributed by atoms with Crippen LogP contribution in [0.4, 0.5) is 5.69 Å². The van der Waals surface area contributed by atoms with Crippen molar-refractivity contribution < 1.29 is 9.84 Å². The highest BCUT2D eigenvalue weighted by Gasteiger charge is 2.66. The lowest BCUT2D eigenvalue weighted by Crippen LogP contribution is -2.49. The minimum atomic E-state index is -0.728. The minimum absolute atomic E-state index is 0.0413. The summed E-state index contributed by atoms with van der Waals surface area (Å²) in [4.78, 5) is 11.3. The number of nitrogens with zero attached hydrogens (tertiary/aromatic N) is 5. The topological polar surface area (TPSA) is 125 Å². The average molecular weight is 426 g/mol. The quantitative estimate of drug-likeness (QED) is 0.496. The van der Waals surface area contributed by atoms with Crippen LogP contribution in [0.25, 0.3) is 5.65 Å². The van der Waals surface area contributed by atoms with Crippen LogP contribution in [0.5, 0.6) is 0 Å². The standard InChI is InChI=1S/C22H31N7O2/c1-4-21(3)5-6-28(12-21)15-7-13(2)19-26-20(27-29(19)9-15)22-8-14(11-31-22)17(22)18(24)25-16(23)10-30/h7,9,14,17,30H,4-6,8,10-12H2,1-3H3,(H3,23,24,25)/t14?,17?,21-,22?/m0/s1. The van der Waals surface area contributed by atoms with Gasteiger partial charge in [0.2, 0.25) is 0 Å². The molecule has 4 aliphatic rings. The fourth-order valence-corrected chi connectivity index (χ4v) is 5.43. The van der Waals surface area contributed by atoms with Crippen molar-refractivity contribution in [1.82, 2.24) is 14.6 Å². The number of pyridine rings is 1. The molecular formula is C22H31N7O2. The number of aliphatic hydroxyl groups excluding tert-OH is 1. The van der Waals surface area contributed by atoms with Crippen molar-refractivity contribution in [2.45, 2.75) is 45.6 Å². The summed E-state index contributed by atoms with van der Waals surface area (Å²) >= 11 is 0. The van der Waals surface area contributed by atoms with E-state index in [-0.39, 0.29) is 30.1 Å². The molecule has 1 saturated carbocycles.